The van der Waals surface area contributed by atoms with Gasteiger partial charge in [0.2, 0.25) is 0 Å². The van der Waals surface area contributed by atoms with E-state index >= 15 is 0 Å². The van der Waals surface area contributed by atoms with E-state index in [0.717, 1.165) is 17.7 Å². The van der Waals surface area contributed by atoms with Crippen LogP contribution in [0.4, 0.5) is 5.69 Å². The maximum atomic E-state index is 9.38. The van der Waals surface area contributed by atoms with Gasteiger partial charge in [0, 0.05) is 17.3 Å². The first-order chi connectivity index (χ1) is 10.2. The van der Waals surface area contributed by atoms with Gasteiger partial charge in [-0.3, -0.25) is 0 Å². The van der Waals surface area contributed by atoms with Crippen LogP contribution in [-0.2, 0) is 13.0 Å². The third-order valence-corrected chi connectivity index (χ3v) is 3.86. The largest absolute Gasteiger partial charge is 0.392 e. The van der Waals surface area contributed by atoms with Gasteiger partial charge < -0.3 is 10.4 Å². The monoisotopic (exact) mass is 283 g/mol. The van der Waals surface area contributed by atoms with Crippen molar-refractivity contribution in [2.45, 2.75) is 45.8 Å². The van der Waals surface area contributed by atoms with Crippen molar-refractivity contribution in [3.05, 3.63) is 65.2 Å². The molecule has 0 bridgehead atoms. The average molecular weight is 283 g/mol. The minimum Gasteiger partial charge on any atom is -0.392 e. The van der Waals surface area contributed by atoms with Crippen LogP contribution in [0.25, 0.3) is 0 Å². The number of nitrogens with one attached hydrogen (secondary N) is 1. The van der Waals surface area contributed by atoms with Gasteiger partial charge >= 0.3 is 0 Å². The van der Waals surface area contributed by atoms with Crippen molar-refractivity contribution in [2.24, 2.45) is 0 Å². The van der Waals surface area contributed by atoms with E-state index in [1.54, 1.807) is 0 Å². The predicted molar refractivity (Wildman–Crippen MR) is 89.5 cm³/mol. The number of unbranched alkanes of at least 4 members (excludes halogenated alkanes) is 1. The molecule has 0 saturated heterocycles. The van der Waals surface area contributed by atoms with Crippen LogP contribution in [0.3, 0.4) is 0 Å². The molecule has 2 aromatic rings. The Morgan fingerprint density at radius 1 is 1.05 bits per heavy atom. The van der Waals surface area contributed by atoms with E-state index in [-0.39, 0.29) is 12.6 Å². The highest BCUT2D eigenvalue weighted by Gasteiger charge is 2.07. The molecule has 1 unspecified atom stereocenters. The van der Waals surface area contributed by atoms with Gasteiger partial charge in [-0.05, 0) is 37.0 Å². The van der Waals surface area contributed by atoms with Crippen LogP contribution >= 0.6 is 0 Å². The molecule has 0 aromatic heterocycles. The second kappa shape index (κ2) is 7.84. The first kappa shape index (κ1) is 15.6. The summed E-state index contributed by atoms with van der Waals surface area (Å²) in [7, 11) is 0. The number of anilines is 1. The highest BCUT2D eigenvalue weighted by molar-refractivity contribution is 5.52. The summed E-state index contributed by atoms with van der Waals surface area (Å²) in [6, 6.07) is 17.0. The Labute approximate surface area is 127 Å². The Morgan fingerprint density at radius 2 is 1.76 bits per heavy atom. The fourth-order valence-corrected chi connectivity index (χ4v) is 2.47. The zero-order chi connectivity index (χ0) is 15.1. The van der Waals surface area contributed by atoms with Crippen LogP contribution in [0.2, 0.25) is 0 Å². The molecule has 2 N–H and O–H groups in total. The molecule has 2 heteroatoms. The summed E-state index contributed by atoms with van der Waals surface area (Å²) < 4.78 is 0. The average Bonchev–Trinajstić information content (AvgIpc) is 2.54. The van der Waals surface area contributed by atoms with Gasteiger partial charge in [0.1, 0.15) is 0 Å². The number of benzene rings is 2. The molecule has 0 heterocycles. The van der Waals surface area contributed by atoms with E-state index in [2.05, 4.69) is 43.4 Å². The summed E-state index contributed by atoms with van der Waals surface area (Å²) in [4.78, 5) is 0. The van der Waals surface area contributed by atoms with Crippen LogP contribution in [0.1, 0.15) is 49.4 Å². The van der Waals surface area contributed by atoms with E-state index in [0.29, 0.717) is 0 Å². The first-order valence-corrected chi connectivity index (χ1v) is 7.78. The summed E-state index contributed by atoms with van der Waals surface area (Å²) in [5.74, 6) is 0. The van der Waals surface area contributed by atoms with Crippen molar-refractivity contribution < 1.29 is 5.11 Å². The zero-order valence-corrected chi connectivity index (χ0v) is 13.0. The molecule has 2 aromatic carbocycles. The molecule has 0 aliphatic rings. The van der Waals surface area contributed by atoms with Crippen LogP contribution in [0.15, 0.2) is 48.5 Å². The summed E-state index contributed by atoms with van der Waals surface area (Å²) in [5.41, 5.74) is 4.61. The lowest BCUT2D eigenvalue weighted by atomic mass is 10.0. The van der Waals surface area contributed by atoms with Crippen LogP contribution in [0.5, 0.6) is 0 Å². The molecule has 0 amide bonds. The molecule has 0 saturated carbocycles. The maximum Gasteiger partial charge on any atom is 0.0701 e. The van der Waals surface area contributed by atoms with Crippen LogP contribution < -0.4 is 5.32 Å². The summed E-state index contributed by atoms with van der Waals surface area (Å²) >= 11 is 0. The van der Waals surface area contributed by atoms with Gasteiger partial charge in [-0.25, -0.2) is 0 Å². The molecule has 0 radical (unpaired) electrons. The Morgan fingerprint density at radius 3 is 2.43 bits per heavy atom. The third kappa shape index (κ3) is 4.33. The number of hydrogen-bond donors (Lipinski definition) is 2. The lowest BCUT2D eigenvalue weighted by Crippen LogP contribution is -2.08. The fourth-order valence-electron chi connectivity index (χ4n) is 2.47. The minimum absolute atomic E-state index is 0.0614. The zero-order valence-electron chi connectivity index (χ0n) is 13.0. The molecular formula is C19H25NO. The molecule has 0 aliphatic heterocycles. The Bertz CT molecular complexity index is 548. The van der Waals surface area contributed by atoms with E-state index in [1.165, 1.54) is 24.0 Å². The highest BCUT2D eigenvalue weighted by atomic mass is 16.3. The lowest BCUT2D eigenvalue weighted by molar-refractivity contribution is 0.282. The molecule has 112 valence electrons. The topological polar surface area (TPSA) is 32.3 Å². The van der Waals surface area contributed by atoms with Crippen LogP contribution in [-0.4, -0.2) is 5.11 Å². The molecular weight excluding hydrogens is 258 g/mol. The number of aryl methyl sites for hydroxylation is 1. The number of rotatable bonds is 7. The van der Waals surface area contributed by atoms with Crippen molar-refractivity contribution in [3.8, 4) is 0 Å². The normalized spacial score (nSPS) is 12.1. The van der Waals surface area contributed by atoms with Gasteiger partial charge in [0.15, 0.2) is 0 Å². The van der Waals surface area contributed by atoms with Crippen molar-refractivity contribution in [1.82, 2.24) is 0 Å². The second-order valence-electron chi connectivity index (χ2n) is 5.53. The highest BCUT2D eigenvalue weighted by Crippen LogP contribution is 2.23. The van der Waals surface area contributed by atoms with E-state index in [4.69, 9.17) is 0 Å². The standard InChI is InChI=1S/C19H25NO/c1-3-4-7-16-10-12-17(13-11-16)15(2)20-19-9-6-5-8-18(19)14-21/h5-6,8-13,15,20-21H,3-4,7,14H2,1-2H3. The van der Waals surface area contributed by atoms with E-state index < -0.39 is 0 Å². The number of para-hydroxylation sites is 1. The van der Waals surface area contributed by atoms with Gasteiger partial charge in [-0.15, -0.1) is 0 Å². The van der Waals surface area contributed by atoms with Gasteiger partial charge in [0.25, 0.3) is 0 Å². The molecule has 0 spiro atoms. The van der Waals surface area contributed by atoms with E-state index in [1.807, 2.05) is 24.3 Å². The third-order valence-electron chi connectivity index (χ3n) is 3.86. The fraction of sp³-hybridized carbons (Fsp3) is 0.368. The number of aliphatic hydroxyl groups is 1. The molecule has 0 aliphatic carbocycles. The molecule has 2 nitrogen and oxygen atoms in total. The summed E-state index contributed by atoms with van der Waals surface area (Å²) in [5, 5.41) is 12.9. The van der Waals surface area contributed by atoms with E-state index in [9.17, 15) is 5.11 Å². The molecule has 2 rings (SSSR count). The minimum atomic E-state index is 0.0614. The predicted octanol–water partition coefficient (Wildman–Crippen LogP) is 4.69. The summed E-state index contributed by atoms with van der Waals surface area (Å²) in [6.45, 7) is 4.43. The first-order valence-electron chi connectivity index (χ1n) is 7.78. The molecule has 0 fully saturated rings. The van der Waals surface area contributed by atoms with Crippen molar-refractivity contribution in [1.29, 1.82) is 0 Å². The lowest BCUT2D eigenvalue weighted by Gasteiger charge is -2.18. The quantitative estimate of drug-likeness (QED) is 0.772. The molecule has 21 heavy (non-hydrogen) atoms. The SMILES string of the molecule is CCCCc1ccc(C(C)Nc2ccccc2CO)cc1. The smallest absolute Gasteiger partial charge is 0.0701 e. The van der Waals surface area contributed by atoms with Gasteiger partial charge in [-0.2, -0.15) is 0 Å². The summed E-state index contributed by atoms with van der Waals surface area (Å²) in [6.07, 6.45) is 3.64. The Hall–Kier alpha value is -1.80. The number of aliphatic hydroxyl groups excluding tert-OH is 1. The van der Waals surface area contributed by atoms with Crippen molar-refractivity contribution in [2.75, 3.05) is 5.32 Å². The maximum absolute atomic E-state index is 9.38. The van der Waals surface area contributed by atoms with Crippen molar-refractivity contribution >= 4 is 5.69 Å². The number of hydrogen-bond acceptors (Lipinski definition) is 2. The Balaban J connectivity index is 2.04. The molecule has 1 atom stereocenters. The van der Waals surface area contributed by atoms with Gasteiger partial charge in [0.05, 0.1) is 6.61 Å². The second-order valence-corrected chi connectivity index (χ2v) is 5.53. The Kier molecular flexibility index (Phi) is 5.82. The van der Waals surface area contributed by atoms with Crippen molar-refractivity contribution in [3.63, 3.8) is 0 Å². The van der Waals surface area contributed by atoms with Gasteiger partial charge in [-0.1, -0.05) is 55.8 Å². The van der Waals surface area contributed by atoms with Crippen LogP contribution in [0, 0.1) is 0 Å².